The number of rotatable bonds is 4. The van der Waals surface area contributed by atoms with Crippen LogP contribution in [0.2, 0.25) is 5.02 Å². The molecule has 19 heavy (non-hydrogen) atoms. The number of halogens is 1. The van der Waals surface area contributed by atoms with Crippen molar-refractivity contribution in [3.05, 3.63) is 34.9 Å². The summed E-state index contributed by atoms with van der Waals surface area (Å²) >= 11 is 5.89. The monoisotopic (exact) mass is 281 g/mol. The zero-order chi connectivity index (χ0) is 14.0. The first-order valence-electron chi connectivity index (χ1n) is 6.21. The van der Waals surface area contributed by atoms with E-state index in [1.807, 2.05) is 12.1 Å². The Kier molecular flexibility index (Phi) is 4.10. The molecule has 1 N–H and O–H groups in total. The molecule has 4 nitrogen and oxygen atoms in total. The molecule has 1 aliphatic carbocycles. The Labute approximate surface area is 117 Å². The number of hydrogen-bond donors (Lipinski definition) is 1. The van der Waals surface area contributed by atoms with Crippen molar-refractivity contribution >= 4 is 23.5 Å². The van der Waals surface area contributed by atoms with Crippen LogP contribution in [-0.2, 0) is 16.1 Å². The Balaban J connectivity index is 1.98. The highest BCUT2D eigenvalue weighted by Gasteiger charge is 2.42. The first kappa shape index (κ1) is 13.9. The van der Waals surface area contributed by atoms with Gasteiger partial charge in [0.05, 0.1) is 11.8 Å². The Bertz CT molecular complexity index is 503. The van der Waals surface area contributed by atoms with Gasteiger partial charge in [-0.05, 0) is 30.5 Å². The molecular weight excluding hydrogens is 266 g/mol. The van der Waals surface area contributed by atoms with Crippen molar-refractivity contribution in [2.24, 2.45) is 11.8 Å². The standard InChI is InChI=1S/C14H16ClNO3/c1-16(8-9-3-2-4-10(15)7-9)13(17)11-5-6-12(11)14(18)19/h2-4,7,11-12H,5-6,8H2,1H3,(H,18,19). The van der Waals surface area contributed by atoms with Crippen LogP contribution < -0.4 is 0 Å². The van der Waals surface area contributed by atoms with Crippen LogP contribution in [0.25, 0.3) is 0 Å². The molecule has 0 heterocycles. The number of nitrogens with zero attached hydrogens (tertiary/aromatic N) is 1. The summed E-state index contributed by atoms with van der Waals surface area (Å²) in [7, 11) is 1.69. The van der Waals surface area contributed by atoms with Crippen molar-refractivity contribution in [2.45, 2.75) is 19.4 Å². The van der Waals surface area contributed by atoms with E-state index in [2.05, 4.69) is 0 Å². The molecule has 1 saturated carbocycles. The van der Waals surface area contributed by atoms with Crippen LogP contribution in [0, 0.1) is 11.8 Å². The second kappa shape index (κ2) is 5.61. The van der Waals surface area contributed by atoms with Crippen LogP contribution in [0.3, 0.4) is 0 Å². The van der Waals surface area contributed by atoms with Crippen molar-refractivity contribution in [2.75, 3.05) is 7.05 Å². The average Bonchev–Trinajstić information content (AvgIpc) is 2.26. The molecule has 1 fully saturated rings. The quantitative estimate of drug-likeness (QED) is 0.922. The van der Waals surface area contributed by atoms with Crippen LogP contribution in [-0.4, -0.2) is 28.9 Å². The lowest BCUT2D eigenvalue weighted by atomic mass is 9.73. The highest BCUT2D eigenvalue weighted by molar-refractivity contribution is 6.30. The van der Waals surface area contributed by atoms with Crippen LogP contribution >= 0.6 is 11.6 Å². The van der Waals surface area contributed by atoms with E-state index in [0.29, 0.717) is 24.4 Å². The van der Waals surface area contributed by atoms with Gasteiger partial charge in [-0.1, -0.05) is 23.7 Å². The summed E-state index contributed by atoms with van der Waals surface area (Å²) in [5.41, 5.74) is 0.939. The van der Waals surface area contributed by atoms with Crippen molar-refractivity contribution < 1.29 is 14.7 Å². The molecule has 1 aliphatic rings. The lowest BCUT2D eigenvalue weighted by molar-refractivity contribution is -0.156. The summed E-state index contributed by atoms with van der Waals surface area (Å²) < 4.78 is 0. The molecule has 0 spiro atoms. The summed E-state index contributed by atoms with van der Waals surface area (Å²) in [6.45, 7) is 0.447. The van der Waals surface area contributed by atoms with E-state index >= 15 is 0 Å². The predicted octanol–water partition coefficient (Wildman–Crippen LogP) is 2.41. The minimum Gasteiger partial charge on any atom is -0.481 e. The van der Waals surface area contributed by atoms with E-state index in [9.17, 15) is 9.59 Å². The molecule has 1 aromatic carbocycles. The molecule has 2 rings (SSSR count). The predicted molar refractivity (Wildman–Crippen MR) is 71.8 cm³/mol. The normalized spacial score (nSPS) is 21.6. The first-order valence-corrected chi connectivity index (χ1v) is 6.59. The fourth-order valence-corrected chi connectivity index (χ4v) is 2.57. The molecular formula is C14H16ClNO3. The van der Waals surface area contributed by atoms with Gasteiger partial charge < -0.3 is 10.0 Å². The van der Waals surface area contributed by atoms with Gasteiger partial charge in [-0.15, -0.1) is 0 Å². The smallest absolute Gasteiger partial charge is 0.307 e. The Morgan fingerprint density at radius 2 is 2.05 bits per heavy atom. The van der Waals surface area contributed by atoms with Crippen LogP contribution in [0.15, 0.2) is 24.3 Å². The zero-order valence-corrected chi connectivity index (χ0v) is 11.4. The molecule has 0 saturated heterocycles. The van der Waals surface area contributed by atoms with Crippen molar-refractivity contribution in [1.82, 2.24) is 4.90 Å². The topological polar surface area (TPSA) is 57.6 Å². The van der Waals surface area contributed by atoms with E-state index < -0.39 is 11.9 Å². The third kappa shape index (κ3) is 3.07. The molecule has 5 heteroatoms. The van der Waals surface area contributed by atoms with E-state index in [-0.39, 0.29) is 11.8 Å². The lowest BCUT2D eigenvalue weighted by Crippen LogP contribution is -2.44. The Hall–Kier alpha value is -1.55. The zero-order valence-electron chi connectivity index (χ0n) is 10.7. The van der Waals surface area contributed by atoms with Gasteiger partial charge in [-0.2, -0.15) is 0 Å². The van der Waals surface area contributed by atoms with Crippen molar-refractivity contribution in [1.29, 1.82) is 0 Å². The number of carbonyl (C=O) groups excluding carboxylic acids is 1. The van der Waals surface area contributed by atoms with Gasteiger partial charge in [0.25, 0.3) is 0 Å². The minimum atomic E-state index is -0.874. The molecule has 0 aliphatic heterocycles. The Morgan fingerprint density at radius 1 is 1.37 bits per heavy atom. The Morgan fingerprint density at radius 3 is 2.58 bits per heavy atom. The summed E-state index contributed by atoms with van der Waals surface area (Å²) in [6.07, 6.45) is 1.26. The maximum absolute atomic E-state index is 12.2. The summed E-state index contributed by atoms with van der Waals surface area (Å²) in [5, 5.41) is 9.60. The van der Waals surface area contributed by atoms with E-state index in [0.717, 1.165) is 5.56 Å². The number of benzene rings is 1. The first-order chi connectivity index (χ1) is 8.99. The molecule has 102 valence electrons. The van der Waals surface area contributed by atoms with E-state index in [4.69, 9.17) is 16.7 Å². The van der Waals surface area contributed by atoms with Gasteiger partial charge in [0, 0.05) is 18.6 Å². The second-order valence-electron chi connectivity index (χ2n) is 4.95. The van der Waals surface area contributed by atoms with E-state index in [1.165, 1.54) is 0 Å². The number of hydrogen-bond acceptors (Lipinski definition) is 2. The average molecular weight is 282 g/mol. The van der Waals surface area contributed by atoms with Crippen LogP contribution in [0.4, 0.5) is 0 Å². The number of carbonyl (C=O) groups is 2. The highest BCUT2D eigenvalue weighted by Crippen LogP contribution is 2.35. The minimum absolute atomic E-state index is 0.0985. The molecule has 1 amide bonds. The molecule has 1 aromatic rings. The van der Waals surface area contributed by atoms with Gasteiger partial charge in [0.2, 0.25) is 5.91 Å². The van der Waals surface area contributed by atoms with Gasteiger partial charge in [-0.3, -0.25) is 9.59 Å². The van der Waals surface area contributed by atoms with Crippen molar-refractivity contribution in [3.8, 4) is 0 Å². The third-order valence-electron chi connectivity index (χ3n) is 3.59. The van der Waals surface area contributed by atoms with Gasteiger partial charge in [0.1, 0.15) is 0 Å². The fraction of sp³-hybridized carbons (Fsp3) is 0.429. The maximum Gasteiger partial charge on any atom is 0.307 e. The van der Waals surface area contributed by atoms with Gasteiger partial charge in [0.15, 0.2) is 0 Å². The van der Waals surface area contributed by atoms with Crippen LogP contribution in [0.5, 0.6) is 0 Å². The summed E-state index contributed by atoms with van der Waals surface area (Å²) in [5.74, 6) is -1.87. The third-order valence-corrected chi connectivity index (χ3v) is 3.83. The summed E-state index contributed by atoms with van der Waals surface area (Å²) in [4.78, 5) is 24.7. The van der Waals surface area contributed by atoms with Crippen molar-refractivity contribution in [3.63, 3.8) is 0 Å². The maximum atomic E-state index is 12.2. The lowest BCUT2D eigenvalue weighted by Gasteiger charge is -2.35. The second-order valence-corrected chi connectivity index (χ2v) is 5.39. The molecule has 0 aromatic heterocycles. The molecule has 2 atom stereocenters. The molecule has 0 bridgehead atoms. The summed E-state index contributed by atoms with van der Waals surface area (Å²) in [6, 6.07) is 7.31. The highest BCUT2D eigenvalue weighted by atomic mass is 35.5. The largest absolute Gasteiger partial charge is 0.481 e. The number of aliphatic carboxylic acids is 1. The SMILES string of the molecule is CN(Cc1cccc(Cl)c1)C(=O)C1CCC1C(=O)O. The van der Waals surface area contributed by atoms with Crippen LogP contribution in [0.1, 0.15) is 18.4 Å². The number of amides is 1. The number of carboxylic acid groups (broad SMARTS) is 1. The molecule has 2 unspecified atom stereocenters. The number of carboxylic acids is 1. The van der Waals surface area contributed by atoms with Gasteiger partial charge in [-0.25, -0.2) is 0 Å². The van der Waals surface area contributed by atoms with Gasteiger partial charge >= 0.3 is 5.97 Å². The fourth-order valence-electron chi connectivity index (χ4n) is 2.36. The van der Waals surface area contributed by atoms with E-state index in [1.54, 1.807) is 24.1 Å². The molecule has 0 radical (unpaired) electrons.